The fourth-order valence-corrected chi connectivity index (χ4v) is 4.24. The van der Waals surface area contributed by atoms with E-state index >= 15 is 0 Å². The first-order valence-electron chi connectivity index (χ1n) is 12.0. The van der Waals surface area contributed by atoms with E-state index < -0.39 is 17.7 Å². The number of carbonyl (C=O) groups excluding carboxylic acids is 2. The number of unbranched alkanes of at least 4 members (excludes halogenated alkanes) is 2. The molecule has 194 valence electrons. The molecule has 2 aromatic rings. The first-order chi connectivity index (χ1) is 17.3. The van der Waals surface area contributed by atoms with Gasteiger partial charge in [0.2, 0.25) is 5.91 Å². The first kappa shape index (κ1) is 27.9. The van der Waals surface area contributed by atoms with E-state index in [1.165, 1.54) is 12.1 Å². The number of piperidine rings is 1. The average Bonchev–Trinajstić information content (AvgIpc) is 2.85. The summed E-state index contributed by atoms with van der Waals surface area (Å²) in [6.07, 6.45) is 7.71. The summed E-state index contributed by atoms with van der Waals surface area (Å²) in [6, 6.07) is 7.74. The molecule has 0 radical (unpaired) electrons. The van der Waals surface area contributed by atoms with E-state index in [-0.39, 0.29) is 17.6 Å². The van der Waals surface area contributed by atoms with E-state index in [0.29, 0.717) is 16.6 Å². The molecule has 0 spiro atoms. The highest BCUT2D eigenvalue weighted by atomic mass is 35.5. The number of hydrogen-bond donors (Lipinski definition) is 3. The zero-order valence-electron chi connectivity index (χ0n) is 19.8. The lowest BCUT2D eigenvalue weighted by atomic mass is 10.0. The lowest BCUT2D eigenvalue weighted by molar-refractivity contribution is -0.116. The van der Waals surface area contributed by atoms with Gasteiger partial charge in [-0.3, -0.25) is 4.79 Å². The maximum atomic E-state index is 13.7. The van der Waals surface area contributed by atoms with Crippen LogP contribution >= 0.6 is 23.2 Å². The smallest absolute Gasteiger partial charge is 0.319 e. The number of benzene rings is 2. The van der Waals surface area contributed by atoms with Crippen molar-refractivity contribution in [1.82, 2.24) is 15.5 Å². The molecule has 0 aromatic heterocycles. The number of hydrogen-bond acceptors (Lipinski definition) is 3. The normalized spacial score (nSPS) is 14.7. The van der Waals surface area contributed by atoms with Gasteiger partial charge in [-0.25, -0.2) is 13.6 Å². The molecule has 1 heterocycles. The number of anilines is 1. The van der Waals surface area contributed by atoms with E-state index in [2.05, 4.69) is 20.9 Å². The maximum absolute atomic E-state index is 13.7. The molecule has 2 aromatic carbocycles. The Hall–Kier alpha value is -2.68. The molecule has 36 heavy (non-hydrogen) atoms. The van der Waals surface area contributed by atoms with E-state index in [1.807, 2.05) is 0 Å². The highest BCUT2D eigenvalue weighted by Crippen LogP contribution is 2.23. The maximum Gasteiger partial charge on any atom is 0.319 e. The number of carbonyl (C=O) groups is 2. The van der Waals surface area contributed by atoms with Crippen molar-refractivity contribution >= 4 is 46.9 Å². The molecule has 0 aliphatic carbocycles. The molecule has 1 aliphatic heterocycles. The van der Waals surface area contributed by atoms with Gasteiger partial charge in [-0.2, -0.15) is 0 Å². The zero-order valence-corrected chi connectivity index (χ0v) is 21.3. The Morgan fingerprint density at radius 1 is 1.00 bits per heavy atom. The van der Waals surface area contributed by atoms with Crippen molar-refractivity contribution in [2.75, 3.05) is 31.5 Å². The fourth-order valence-electron chi connectivity index (χ4n) is 3.93. The molecule has 10 heteroatoms. The van der Waals surface area contributed by atoms with Crippen LogP contribution in [0.4, 0.5) is 19.3 Å². The zero-order chi connectivity index (χ0) is 25.9. The van der Waals surface area contributed by atoms with E-state index in [1.54, 1.807) is 24.3 Å². The van der Waals surface area contributed by atoms with Gasteiger partial charge in [0.05, 0.1) is 15.7 Å². The van der Waals surface area contributed by atoms with Crippen LogP contribution in [0.2, 0.25) is 10.0 Å². The highest BCUT2D eigenvalue weighted by molar-refractivity contribution is 6.42. The van der Waals surface area contributed by atoms with Crippen molar-refractivity contribution in [3.05, 3.63) is 69.7 Å². The van der Waals surface area contributed by atoms with Crippen LogP contribution in [0.1, 0.15) is 37.7 Å². The van der Waals surface area contributed by atoms with Crippen LogP contribution in [0.15, 0.2) is 42.5 Å². The van der Waals surface area contributed by atoms with Crippen LogP contribution in [0, 0.1) is 11.6 Å². The molecular formula is C26H30Cl2F2N4O2. The Morgan fingerprint density at radius 3 is 2.50 bits per heavy atom. The molecule has 6 nitrogen and oxygen atoms in total. The molecule has 0 bridgehead atoms. The van der Waals surface area contributed by atoms with Crippen molar-refractivity contribution in [1.29, 1.82) is 0 Å². The van der Waals surface area contributed by atoms with Gasteiger partial charge in [0.15, 0.2) is 0 Å². The van der Waals surface area contributed by atoms with Crippen molar-refractivity contribution in [3.63, 3.8) is 0 Å². The Labute approximate surface area is 220 Å². The highest BCUT2D eigenvalue weighted by Gasteiger charge is 2.20. The van der Waals surface area contributed by atoms with Crippen LogP contribution in [-0.2, 0) is 4.79 Å². The van der Waals surface area contributed by atoms with Crippen LogP contribution in [0.3, 0.4) is 0 Å². The van der Waals surface area contributed by atoms with Gasteiger partial charge in [0.1, 0.15) is 11.6 Å². The largest absolute Gasteiger partial charge is 0.353 e. The number of urea groups is 1. The summed E-state index contributed by atoms with van der Waals surface area (Å²) in [5.41, 5.74) is 0.756. The molecule has 0 atom stereocenters. The standard InChI is InChI=1S/C26H30Cl2F2N4O2/c27-21-7-4-18(16-22(21)28)5-9-25(35)31-12-2-1-3-13-34-14-10-20(11-15-34)32-26(36)33-24-8-6-19(29)17-23(24)30/h4-9,16-17,20H,1-3,10-15H2,(H,31,35)(H2,32,33,36)/b9-5+. The SMILES string of the molecule is O=C(/C=C/c1ccc(Cl)c(Cl)c1)NCCCCCN1CCC(NC(=O)Nc2ccc(F)cc2F)CC1. The third kappa shape index (κ3) is 9.41. The summed E-state index contributed by atoms with van der Waals surface area (Å²) >= 11 is 11.9. The van der Waals surface area contributed by atoms with Gasteiger partial charge in [-0.1, -0.05) is 35.7 Å². The average molecular weight is 539 g/mol. The Balaban J connectivity index is 1.23. The lowest BCUT2D eigenvalue weighted by Gasteiger charge is -2.32. The predicted molar refractivity (Wildman–Crippen MR) is 140 cm³/mol. The first-order valence-corrected chi connectivity index (χ1v) is 12.7. The summed E-state index contributed by atoms with van der Waals surface area (Å²) in [6.45, 7) is 3.31. The van der Waals surface area contributed by atoms with Gasteiger partial charge in [-0.05, 0) is 68.1 Å². The van der Waals surface area contributed by atoms with Gasteiger partial charge >= 0.3 is 6.03 Å². The van der Waals surface area contributed by atoms with E-state index in [9.17, 15) is 18.4 Å². The second-order valence-electron chi connectivity index (χ2n) is 8.70. The molecule has 1 fully saturated rings. The number of rotatable bonds is 10. The number of likely N-dealkylation sites (tertiary alicyclic amines) is 1. The molecule has 0 saturated carbocycles. The summed E-state index contributed by atoms with van der Waals surface area (Å²) in [5, 5.41) is 9.08. The summed E-state index contributed by atoms with van der Waals surface area (Å²) in [7, 11) is 0. The van der Waals surface area contributed by atoms with Gasteiger partial charge in [0.25, 0.3) is 0 Å². The summed E-state index contributed by atoms with van der Waals surface area (Å²) < 4.78 is 26.7. The molecule has 3 amide bonds. The van der Waals surface area contributed by atoms with Crippen LogP contribution < -0.4 is 16.0 Å². The third-order valence-corrected chi connectivity index (χ3v) is 6.66. The monoisotopic (exact) mass is 538 g/mol. The van der Waals surface area contributed by atoms with Crippen molar-refractivity contribution < 1.29 is 18.4 Å². The van der Waals surface area contributed by atoms with E-state index in [0.717, 1.165) is 69.4 Å². The van der Waals surface area contributed by atoms with Crippen LogP contribution in [0.25, 0.3) is 6.08 Å². The Kier molecular flexibility index (Phi) is 11.0. The number of nitrogens with zero attached hydrogens (tertiary/aromatic N) is 1. The van der Waals surface area contributed by atoms with Crippen LogP contribution in [-0.4, -0.2) is 49.1 Å². The van der Waals surface area contributed by atoms with Gasteiger partial charge < -0.3 is 20.9 Å². The Bertz CT molecular complexity index is 1080. The Morgan fingerprint density at radius 2 is 1.78 bits per heavy atom. The molecule has 3 rings (SSSR count). The lowest BCUT2D eigenvalue weighted by Crippen LogP contribution is -2.46. The minimum absolute atomic E-state index is 0.0110. The van der Waals surface area contributed by atoms with E-state index in [4.69, 9.17) is 23.2 Å². The van der Waals surface area contributed by atoms with Crippen molar-refractivity contribution in [2.45, 2.75) is 38.1 Å². The topological polar surface area (TPSA) is 73.5 Å². The van der Waals surface area contributed by atoms with Crippen molar-refractivity contribution in [2.24, 2.45) is 0 Å². The molecule has 1 aliphatic rings. The second-order valence-corrected chi connectivity index (χ2v) is 9.51. The number of halogens is 4. The second kappa shape index (κ2) is 14.2. The number of amides is 3. The molecular weight excluding hydrogens is 509 g/mol. The quantitative estimate of drug-likeness (QED) is 0.262. The predicted octanol–water partition coefficient (Wildman–Crippen LogP) is 5.86. The third-order valence-electron chi connectivity index (χ3n) is 5.92. The molecule has 3 N–H and O–H groups in total. The van der Waals surface area contributed by atoms with Gasteiger partial charge in [-0.15, -0.1) is 0 Å². The van der Waals surface area contributed by atoms with Crippen molar-refractivity contribution in [3.8, 4) is 0 Å². The molecule has 1 saturated heterocycles. The molecule has 0 unspecified atom stereocenters. The fraction of sp³-hybridized carbons (Fsp3) is 0.385. The van der Waals surface area contributed by atoms with Gasteiger partial charge in [0, 0.05) is 37.8 Å². The summed E-state index contributed by atoms with van der Waals surface area (Å²) in [4.78, 5) is 26.4. The minimum Gasteiger partial charge on any atom is -0.353 e. The minimum atomic E-state index is -0.806. The summed E-state index contributed by atoms with van der Waals surface area (Å²) in [5.74, 6) is -1.65. The number of nitrogens with one attached hydrogen (secondary N) is 3. The van der Waals surface area contributed by atoms with Crippen LogP contribution in [0.5, 0.6) is 0 Å².